The standard InChI is InChI=1S/C12H17N3O/c1-13-11-8-4-7-10(15-11)12(16)14-9-5-2-3-6-9/h4,7-9H,2-3,5-6H2,1H3,(H,13,15)(H,14,16). The van der Waals surface area contributed by atoms with Crippen LogP contribution in [-0.2, 0) is 0 Å². The Morgan fingerprint density at radius 2 is 2.12 bits per heavy atom. The highest BCUT2D eigenvalue weighted by molar-refractivity contribution is 5.92. The van der Waals surface area contributed by atoms with Crippen molar-refractivity contribution in [1.29, 1.82) is 0 Å². The summed E-state index contributed by atoms with van der Waals surface area (Å²) in [6, 6.07) is 5.76. The number of anilines is 1. The van der Waals surface area contributed by atoms with Crippen LogP contribution in [0.1, 0.15) is 36.2 Å². The van der Waals surface area contributed by atoms with E-state index in [1.54, 1.807) is 13.1 Å². The van der Waals surface area contributed by atoms with Crippen LogP contribution in [0.25, 0.3) is 0 Å². The fourth-order valence-electron chi connectivity index (χ4n) is 2.03. The zero-order valence-electron chi connectivity index (χ0n) is 9.49. The molecule has 1 amide bonds. The van der Waals surface area contributed by atoms with E-state index in [9.17, 15) is 4.79 Å². The van der Waals surface area contributed by atoms with Crippen LogP contribution >= 0.6 is 0 Å². The molecule has 86 valence electrons. The molecule has 1 aromatic heterocycles. The van der Waals surface area contributed by atoms with Gasteiger partial charge in [0.2, 0.25) is 0 Å². The Hall–Kier alpha value is -1.58. The lowest BCUT2D eigenvalue weighted by Gasteiger charge is -2.11. The zero-order valence-corrected chi connectivity index (χ0v) is 9.49. The lowest BCUT2D eigenvalue weighted by molar-refractivity contribution is 0.0933. The van der Waals surface area contributed by atoms with Crippen molar-refractivity contribution in [3.05, 3.63) is 23.9 Å². The molecular formula is C12H17N3O. The second-order valence-electron chi connectivity index (χ2n) is 4.11. The third-order valence-corrected chi connectivity index (χ3v) is 2.93. The highest BCUT2D eigenvalue weighted by Crippen LogP contribution is 2.18. The van der Waals surface area contributed by atoms with Gasteiger partial charge in [0.15, 0.2) is 0 Å². The number of carbonyl (C=O) groups excluding carboxylic acids is 1. The van der Waals surface area contributed by atoms with E-state index in [-0.39, 0.29) is 5.91 Å². The summed E-state index contributed by atoms with van der Waals surface area (Å²) in [4.78, 5) is 16.1. The Balaban J connectivity index is 2.01. The van der Waals surface area contributed by atoms with Crippen molar-refractivity contribution in [2.75, 3.05) is 12.4 Å². The molecule has 0 saturated heterocycles. The summed E-state index contributed by atoms with van der Waals surface area (Å²) in [6.07, 6.45) is 4.62. The summed E-state index contributed by atoms with van der Waals surface area (Å²) in [6.45, 7) is 0. The van der Waals surface area contributed by atoms with Crippen LogP contribution in [0.5, 0.6) is 0 Å². The molecule has 0 atom stereocenters. The van der Waals surface area contributed by atoms with Gasteiger partial charge in [0.1, 0.15) is 11.5 Å². The minimum absolute atomic E-state index is 0.0657. The second kappa shape index (κ2) is 4.96. The van der Waals surface area contributed by atoms with Gasteiger partial charge in [-0.3, -0.25) is 4.79 Å². The van der Waals surface area contributed by atoms with Crippen LogP contribution in [0.2, 0.25) is 0 Å². The van der Waals surface area contributed by atoms with Gasteiger partial charge >= 0.3 is 0 Å². The second-order valence-corrected chi connectivity index (χ2v) is 4.11. The first-order valence-corrected chi connectivity index (χ1v) is 5.75. The van der Waals surface area contributed by atoms with Gasteiger partial charge in [-0.05, 0) is 25.0 Å². The van der Waals surface area contributed by atoms with Crippen LogP contribution in [0, 0.1) is 0 Å². The minimum atomic E-state index is -0.0657. The molecule has 0 radical (unpaired) electrons. The molecule has 1 saturated carbocycles. The SMILES string of the molecule is CNc1cccc(C(=O)NC2CCCC2)n1. The first-order valence-electron chi connectivity index (χ1n) is 5.75. The van der Waals surface area contributed by atoms with Crippen molar-refractivity contribution < 1.29 is 4.79 Å². The smallest absolute Gasteiger partial charge is 0.270 e. The number of aromatic nitrogens is 1. The number of amides is 1. The van der Waals surface area contributed by atoms with E-state index in [1.165, 1.54) is 12.8 Å². The van der Waals surface area contributed by atoms with Gasteiger partial charge in [-0.1, -0.05) is 18.9 Å². The lowest BCUT2D eigenvalue weighted by atomic mass is 10.2. The van der Waals surface area contributed by atoms with Crippen LogP contribution in [-0.4, -0.2) is 24.0 Å². The predicted molar refractivity (Wildman–Crippen MR) is 63.5 cm³/mol. The molecule has 1 heterocycles. The zero-order chi connectivity index (χ0) is 11.4. The molecule has 16 heavy (non-hydrogen) atoms. The maximum atomic E-state index is 11.9. The Bertz CT molecular complexity index is 372. The maximum absolute atomic E-state index is 11.9. The van der Waals surface area contributed by atoms with Crippen molar-refractivity contribution in [3.63, 3.8) is 0 Å². The molecule has 2 N–H and O–H groups in total. The molecule has 0 aliphatic heterocycles. The van der Waals surface area contributed by atoms with Gasteiger partial charge < -0.3 is 10.6 Å². The van der Waals surface area contributed by atoms with Gasteiger partial charge in [0.05, 0.1) is 0 Å². The van der Waals surface area contributed by atoms with E-state index in [0.29, 0.717) is 11.7 Å². The highest BCUT2D eigenvalue weighted by Gasteiger charge is 2.18. The molecule has 1 aromatic rings. The molecule has 1 aliphatic rings. The van der Waals surface area contributed by atoms with Gasteiger partial charge in [0, 0.05) is 13.1 Å². The van der Waals surface area contributed by atoms with Gasteiger partial charge in [-0.15, -0.1) is 0 Å². The Labute approximate surface area is 95.5 Å². The number of rotatable bonds is 3. The predicted octanol–water partition coefficient (Wildman–Crippen LogP) is 1.80. The number of hydrogen-bond donors (Lipinski definition) is 2. The van der Waals surface area contributed by atoms with E-state index in [1.807, 2.05) is 12.1 Å². The summed E-state index contributed by atoms with van der Waals surface area (Å²) in [5.74, 6) is 0.656. The van der Waals surface area contributed by atoms with E-state index in [4.69, 9.17) is 0 Å². The summed E-state index contributed by atoms with van der Waals surface area (Å²) < 4.78 is 0. The lowest BCUT2D eigenvalue weighted by Crippen LogP contribution is -2.33. The number of hydrogen-bond acceptors (Lipinski definition) is 3. The van der Waals surface area contributed by atoms with Crippen molar-refractivity contribution in [2.45, 2.75) is 31.7 Å². The molecule has 0 unspecified atom stereocenters. The van der Waals surface area contributed by atoms with Crippen molar-refractivity contribution >= 4 is 11.7 Å². The average Bonchev–Trinajstić information content (AvgIpc) is 2.82. The first-order chi connectivity index (χ1) is 7.79. The Kier molecular flexibility index (Phi) is 3.39. The molecule has 4 heteroatoms. The monoisotopic (exact) mass is 219 g/mol. The first kappa shape index (κ1) is 10.9. The quantitative estimate of drug-likeness (QED) is 0.815. The summed E-state index contributed by atoms with van der Waals surface area (Å²) in [5, 5.41) is 5.94. The van der Waals surface area contributed by atoms with Crippen molar-refractivity contribution in [1.82, 2.24) is 10.3 Å². The highest BCUT2D eigenvalue weighted by atomic mass is 16.1. The largest absolute Gasteiger partial charge is 0.373 e. The number of nitrogens with one attached hydrogen (secondary N) is 2. The molecule has 0 bridgehead atoms. The van der Waals surface area contributed by atoms with Crippen LogP contribution < -0.4 is 10.6 Å². The molecule has 0 spiro atoms. The molecule has 1 fully saturated rings. The number of carbonyl (C=O) groups is 1. The van der Waals surface area contributed by atoms with Crippen LogP contribution in [0.15, 0.2) is 18.2 Å². The molecule has 2 rings (SSSR count). The van der Waals surface area contributed by atoms with Gasteiger partial charge in [-0.25, -0.2) is 4.98 Å². The van der Waals surface area contributed by atoms with Crippen molar-refractivity contribution in [3.8, 4) is 0 Å². The van der Waals surface area contributed by atoms with Gasteiger partial charge in [-0.2, -0.15) is 0 Å². The maximum Gasteiger partial charge on any atom is 0.270 e. The number of pyridine rings is 1. The summed E-state index contributed by atoms with van der Waals surface area (Å²) in [7, 11) is 1.79. The van der Waals surface area contributed by atoms with Crippen LogP contribution in [0.4, 0.5) is 5.82 Å². The molecule has 0 aromatic carbocycles. The summed E-state index contributed by atoms with van der Waals surface area (Å²) in [5.41, 5.74) is 0.485. The van der Waals surface area contributed by atoms with Crippen molar-refractivity contribution in [2.24, 2.45) is 0 Å². The Morgan fingerprint density at radius 1 is 1.38 bits per heavy atom. The summed E-state index contributed by atoms with van der Waals surface area (Å²) >= 11 is 0. The van der Waals surface area contributed by atoms with E-state index < -0.39 is 0 Å². The topological polar surface area (TPSA) is 54.0 Å². The molecule has 1 aliphatic carbocycles. The van der Waals surface area contributed by atoms with Gasteiger partial charge in [0.25, 0.3) is 5.91 Å². The normalized spacial score (nSPS) is 16.1. The fraction of sp³-hybridized carbons (Fsp3) is 0.500. The molecular weight excluding hydrogens is 202 g/mol. The molecule has 4 nitrogen and oxygen atoms in total. The van der Waals surface area contributed by atoms with Crippen LogP contribution in [0.3, 0.4) is 0 Å². The number of nitrogens with zero attached hydrogens (tertiary/aromatic N) is 1. The Morgan fingerprint density at radius 3 is 2.81 bits per heavy atom. The third kappa shape index (κ3) is 2.51. The van der Waals surface area contributed by atoms with E-state index >= 15 is 0 Å². The minimum Gasteiger partial charge on any atom is -0.373 e. The third-order valence-electron chi connectivity index (χ3n) is 2.93. The fourth-order valence-corrected chi connectivity index (χ4v) is 2.03. The van der Waals surface area contributed by atoms with E-state index in [2.05, 4.69) is 15.6 Å². The average molecular weight is 219 g/mol. The van der Waals surface area contributed by atoms with E-state index in [0.717, 1.165) is 18.7 Å².